The van der Waals surface area contributed by atoms with Gasteiger partial charge in [0.05, 0.1) is 23.5 Å². The van der Waals surface area contributed by atoms with Crippen LogP contribution in [0.15, 0.2) is 97.2 Å². The van der Waals surface area contributed by atoms with E-state index in [1.807, 2.05) is 30.3 Å². The van der Waals surface area contributed by atoms with E-state index < -0.39 is 8.32 Å². The summed E-state index contributed by atoms with van der Waals surface area (Å²) < 4.78 is 13.3. The molecule has 0 aliphatic carbocycles. The van der Waals surface area contributed by atoms with Gasteiger partial charge in [0.1, 0.15) is 11.5 Å². The van der Waals surface area contributed by atoms with Gasteiger partial charge in [0.15, 0.2) is 0 Å². The van der Waals surface area contributed by atoms with E-state index in [0.29, 0.717) is 23.1 Å². The van der Waals surface area contributed by atoms with Crippen LogP contribution in [0.1, 0.15) is 66.2 Å². The molecule has 4 aromatic rings. The van der Waals surface area contributed by atoms with Crippen LogP contribution >= 0.6 is 11.6 Å². The Labute approximate surface area is 246 Å². The fraction of sp³-hybridized carbons (Fsp3) is 0.343. The lowest BCUT2D eigenvalue weighted by Crippen LogP contribution is -2.68. The summed E-state index contributed by atoms with van der Waals surface area (Å²) in [6.07, 6.45) is 9.13. The van der Waals surface area contributed by atoms with Crippen LogP contribution in [0.2, 0.25) is 10.1 Å². The molecule has 0 saturated carbocycles. The van der Waals surface area contributed by atoms with Crippen LogP contribution in [0.5, 0.6) is 11.5 Å². The van der Waals surface area contributed by atoms with Crippen molar-refractivity contribution in [3.8, 4) is 22.8 Å². The first-order valence-corrected chi connectivity index (χ1v) is 16.8. The molecule has 0 bridgehead atoms. The SMILES string of the molecule is CCCCCCCCOc1cnc(-c2ccccc2O[Si](c2ccccc2)(c2ccccc2)C(C)(C)C)c(Cl)c1. The minimum Gasteiger partial charge on any atom is -0.534 e. The number of nitrogens with zero attached hydrogens (tertiary/aromatic N) is 1. The molecule has 1 aromatic heterocycles. The van der Waals surface area contributed by atoms with Crippen molar-refractivity contribution >= 4 is 30.3 Å². The zero-order valence-electron chi connectivity index (χ0n) is 24.3. The third-order valence-corrected chi connectivity index (χ3v) is 12.6. The number of aromatic nitrogens is 1. The molecule has 210 valence electrons. The van der Waals surface area contributed by atoms with Gasteiger partial charge in [0.2, 0.25) is 0 Å². The summed E-state index contributed by atoms with van der Waals surface area (Å²) in [6.45, 7) is 9.76. The molecule has 0 spiro atoms. The molecule has 3 aromatic carbocycles. The zero-order chi connectivity index (χ0) is 28.4. The summed E-state index contributed by atoms with van der Waals surface area (Å²) in [6, 6.07) is 31.3. The number of ether oxygens (including phenoxy) is 1. The van der Waals surface area contributed by atoms with Crippen LogP contribution in [0.4, 0.5) is 0 Å². The van der Waals surface area contributed by atoms with Gasteiger partial charge in [-0.1, -0.05) is 144 Å². The highest BCUT2D eigenvalue weighted by Crippen LogP contribution is 2.41. The van der Waals surface area contributed by atoms with E-state index in [9.17, 15) is 0 Å². The van der Waals surface area contributed by atoms with Crippen molar-refractivity contribution in [3.63, 3.8) is 0 Å². The van der Waals surface area contributed by atoms with E-state index in [0.717, 1.165) is 17.7 Å². The number of benzene rings is 3. The van der Waals surface area contributed by atoms with Gasteiger partial charge in [-0.3, -0.25) is 4.98 Å². The molecule has 40 heavy (non-hydrogen) atoms. The second kappa shape index (κ2) is 14.0. The number of unbranched alkanes of at least 4 members (excludes halogenated alkanes) is 5. The fourth-order valence-corrected chi connectivity index (χ4v) is 10.0. The van der Waals surface area contributed by atoms with Gasteiger partial charge in [-0.2, -0.15) is 0 Å². The molecule has 0 aliphatic rings. The first-order valence-electron chi connectivity index (χ1n) is 14.5. The van der Waals surface area contributed by atoms with Gasteiger partial charge in [-0.25, -0.2) is 0 Å². The Balaban J connectivity index is 1.65. The summed E-state index contributed by atoms with van der Waals surface area (Å²) in [5, 5.41) is 2.84. The molecule has 0 aliphatic heterocycles. The minimum absolute atomic E-state index is 0.158. The maximum absolute atomic E-state index is 7.34. The topological polar surface area (TPSA) is 31.4 Å². The fourth-order valence-electron chi connectivity index (χ4n) is 5.34. The molecule has 0 unspecified atom stereocenters. The lowest BCUT2D eigenvalue weighted by molar-refractivity contribution is 0.303. The molecular weight excluding hydrogens is 530 g/mol. The third kappa shape index (κ3) is 6.97. The number of rotatable bonds is 13. The zero-order valence-corrected chi connectivity index (χ0v) is 26.1. The highest BCUT2D eigenvalue weighted by Gasteiger charge is 2.52. The Bertz CT molecular complexity index is 1300. The van der Waals surface area contributed by atoms with Crippen LogP contribution in [-0.2, 0) is 0 Å². The van der Waals surface area contributed by atoms with Crippen molar-refractivity contribution in [2.45, 2.75) is 71.3 Å². The van der Waals surface area contributed by atoms with E-state index in [-0.39, 0.29) is 5.04 Å². The third-order valence-electron chi connectivity index (χ3n) is 7.40. The second-order valence-corrected chi connectivity index (χ2v) is 16.0. The normalized spacial score (nSPS) is 11.8. The predicted molar refractivity (Wildman–Crippen MR) is 172 cm³/mol. The van der Waals surface area contributed by atoms with E-state index in [2.05, 4.69) is 88.4 Å². The minimum atomic E-state index is -2.81. The Morgan fingerprint density at radius 2 is 1.32 bits per heavy atom. The molecule has 0 N–H and O–H groups in total. The maximum Gasteiger partial charge on any atom is 0.319 e. The summed E-state index contributed by atoms with van der Waals surface area (Å²) in [5.74, 6) is 1.49. The summed E-state index contributed by atoms with van der Waals surface area (Å²) in [7, 11) is -2.81. The lowest BCUT2D eigenvalue weighted by Gasteiger charge is -2.43. The average Bonchev–Trinajstić information content (AvgIpc) is 2.96. The summed E-state index contributed by atoms with van der Waals surface area (Å²) in [5.41, 5.74) is 1.57. The Kier molecular flexibility index (Phi) is 10.5. The van der Waals surface area contributed by atoms with Crippen LogP contribution in [0, 0.1) is 0 Å². The standard InChI is InChI=1S/C35H42ClNO2Si/c1-5-6-7-8-9-18-25-38-28-26-32(36)34(37-27-28)31-23-16-17-24-33(31)39-40(35(2,3)4,29-19-12-10-13-20-29)30-21-14-11-15-22-30/h10-17,19-24,26-27H,5-9,18,25H2,1-4H3. The van der Waals surface area contributed by atoms with E-state index in [4.69, 9.17) is 25.7 Å². The molecule has 0 saturated heterocycles. The Hall–Kier alpha value is -3.08. The quantitative estimate of drug-likeness (QED) is 0.118. The van der Waals surface area contributed by atoms with Crippen molar-refractivity contribution in [1.82, 2.24) is 4.98 Å². The Morgan fingerprint density at radius 3 is 1.93 bits per heavy atom. The number of hydrogen-bond acceptors (Lipinski definition) is 3. The molecule has 1 heterocycles. The number of halogens is 1. The number of pyridine rings is 1. The van der Waals surface area contributed by atoms with Crippen molar-refractivity contribution in [2.75, 3.05) is 6.61 Å². The number of hydrogen-bond donors (Lipinski definition) is 0. The van der Waals surface area contributed by atoms with Crippen LogP contribution in [0.3, 0.4) is 0 Å². The highest BCUT2D eigenvalue weighted by atomic mass is 35.5. The van der Waals surface area contributed by atoms with Gasteiger partial charge >= 0.3 is 8.32 Å². The van der Waals surface area contributed by atoms with Crippen molar-refractivity contribution in [3.05, 3.63) is 102 Å². The molecule has 0 amide bonds. The monoisotopic (exact) mass is 571 g/mol. The van der Waals surface area contributed by atoms with Gasteiger partial charge in [0.25, 0.3) is 0 Å². The predicted octanol–water partition coefficient (Wildman–Crippen LogP) is 9.08. The molecule has 5 heteroatoms. The van der Waals surface area contributed by atoms with E-state index in [1.54, 1.807) is 6.20 Å². The first kappa shape index (κ1) is 29.9. The van der Waals surface area contributed by atoms with Gasteiger partial charge in [-0.15, -0.1) is 0 Å². The van der Waals surface area contributed by atoms with E-state index >= 15 is 0 Å². The largest absolute Gasteiger partial charge is 0.534 e. The van der Waals surface area contributed by atoms with Gasteiger partial charge < -0.3 is 9.16 Å². The molecule has 0 atom stereocenters. The van der Waals surface area contributed by atoms with E-state index in [1.165, 1.54) is 42.5 Å². The maximum atomic E-state index is 7.34. The second-order valence-electron chi connectivity index (χ2n) is 11.4. The lowest BCUT2D eigenvalue weighted by atomic mass is 10.1. The van der Waals surface area contributed by atoms with Crippen molar-refractivity contribution in [2.24, 2.45) is 0 Å². The molecule has 0 fully saturated rings. The van der Waals surface area contributed by atoms with Crippen molar-refractivity contribution < 1.29 is 9.16 Å². The molecular formula is C35H42ClNO2Si. The van der Waals surface area contributed by atoms with Crippen LogP contribution in [0.25, 0.3) is 11.3 Å². The molecule has 3 nitrogen and oxygen atoms in total. The van der Waals surface area contributed by atoms with Crippen LogP contribution in [-0.4, -0.2) is 19.9 Å². The summed E-state index contributed by atoms with van der Waals surface area (Å²) >= 11 is 6.84. The smallest absolute Gasteiger partial charge is 0.319 e. The van der Waals surface area contributed by atoms with Gasteiger partial charge in [-0.05, 0) is 34.0 Å². The van der Waals surface area contributed by atoms with Crippen molar-refractivity contribution in [1.29, 1.82) is 0 Å². The first-order chi connectivity index (χ1) is 19.4. The Morgan fingerprint density at radius 1 is 0.750 bits per heavy atom. The van der Waals surface area contributed by atoms with Gasteiger partial charge in [0, 0.05) is 11.6 Å². The molecule has 0 radical (unpaired) electrons. The highest BCUT2D eigenvalue weighted by molar-refractivity contribution is 7.00. The van der Waals surface area contributed by atoms with Crippen LogP contribution < -0.4 is 19.5 Å². The summed E-state index contributed by atoms with van der Waals surface area (Å²) in [4.78, 5) is 4.76. The molecule has 4 rings (SSSR count). The number of para-hydroxylation sites is 1. The average molecular weight is 572 g/mol.